The van der Waals surface area contributed by atoms with Crippen molar-refractivity contribution in [3.05, 3.63) is 76.2 Å². The monoisotopic (exact) mass is 375 g/mol. The normalized spacial score (nSPS) is 16.9. The maximum atomic E-state index is 13.0. The summed E-state index contributed by atoms with van der Waals surface area (Å²) in [6.45, 7) is 1.79. The van der Waals surface area contributed by atoms with E-state index in [0.717, 1.165) is 5.56 Å². The molecule has 1 atom stereocenters. The molecule has 128 valence electrons. The molecule has 1 amide bonds. The molecule has 0 saturated heterocycles. The lowest BCUT2D eigenvalue weighted by molar-refractivity contribution is -0.113. The van der Waals surface area contributed by atoms with Crippen LogP contribution in [-0.2, 0) is 4.79 Å². The van der Waals surface area contributed by atoms with Gasteiger partial charge in [-0.25, -0.2) is 4.39 Å². The smallest absolute Gasteiger partial charge is 0.255 e. The molecule has 0 aromatic heterocycles. The quantitative estimate of drug-likeness (QED) is 0.712. The highest BCUT2D eigenvalue weighted by molar-refractivity contribution is 7.80. The third-order valence-corrected chi connectivity index (χ3v) is 4.29. The van der Waals surface area contributed by atoms with Crippen molar-refractivity contribution < 1.29 is 9.18 Å². The number of amides is 1. The molecular weight excluding hydrogens is 361 g/mol. The molecule has 0 unspecified atom stereocenters. The van der Waals surface area contributed by atoms with Crippen molar-refractivity contribution in [3.63, 3.8) is 0 Å². The van der Waals surface area contributed by atoms with Crippen LogP contribution in [0, 0.1) is 5.82 Å². The Labute approximate surface area is 155 Å². The zero-order valence-electron chi connectivity index (χ0n) is 13.3. The van der Waals surface area contributed by atoms with E-state index in [1.807, 2.05) is 12.1 Å². The molecule has 0 bridgehead atoms. The summed E-state index contributed by atoms with van der Waals surface area (Å²) in [4.78, 5) is 12.8. The topological polar surface area (TPSA) is 53.2 Å². The first kappa shape index (κ1) is 17.4. The Morgan fingerprint density at radius 1 is 1.16 bits per heavy atom. The molecule has 25 heavy (non-hydrogen) atoms. The lowest BCUT2D eigenvalue weighted by Crippen LogP contribution is -2.45. The number of carbonyl (C=O) groups is 1. The summed E-state index contributed by atoms with van der Waals surface area (Å²) in [5, 5.41) is 9.91. The van der Waals surface area contributed by atoms with Crippen molar-refractivity contribution in [2.24, 2.45) is 0 Å². The summed E-state index contributed by atoms with van der Waals surface area (Å²) >= 11 is 11.2. The number of nitrogens with one attached hydrogen (secondary N) is 3. The average Bonchev–Trinajstić information content (AvgIpc) is 2.57. The Balaban J connectivity index is 1.92. The molecular formula is C18H15ClFN3OS. The van der Waals surface area contributed by atoms with Gasteiger partial charge in [0.1, 0.15) is 5.82 Å². The highest BCUT2D eigenvalue weighted by Gasteiger charge is 2.29. The number of anilines is 1. The van der Waals surface area contributed by atoms with Gasteiger partial charge in [0.2, 0.25) is 0 Å². The molecule has 2 aromatic carbocycles. The number of hydrogen-bond donors (Lipinski definition) is 3. The molecule has 0 spiro atoms. The van der Waals surface area contributed by atoms with Crippen LogP contribution in [0.15, 0.2) is 59.8 Å². The minimum absolute atomic E-state index is 0.299. The second-order valence-corrected chi connectivity index (χ2v) is 6.43. The predicted octanol–water partition coefficient (Wildman–Crippen LogP) is 3.91. The van der Waals surface area contributed by atoms with Gasteiger partial charge in [0.05, 0.1) is 11.6 Å². The Morgan fingerprint density at radius 3 is 2.44 bits per heavy atom. The molecule has 0 fully saturated rings. The molecule has 2 aromatic rings. The van der Waals surface area contributed by atoms with Crippen LogP contribution in [0.2, 0.25) is 5.02 Å². The van der Waals surface area contributed by atoms with Gasteiger partial charge in [0.15, 0.2) is 5.11 Å². The summed E-state index contributed by atoms with van der Waals surface area (Å²) in [7, 11) is 0. The van der Waals surface area contributed by atoms with Gasteiger partial charge in [-0.2, -0.15) is 0 Å². The molecule has 0 radical (unpaired) electrons. The highest BCUT2D eigenvalue weighted by atomic mass is 35.5. The van der Waals surface area contributed by atoms with Gasteiger partial charge >= 0.3 is 0 Å². The first-order chi connectivity index (χ1) is 11.9. The number of halogens is 2. The van der Waals surface area contributed by atoms with Gasteiger partial charge in [-0.1, -0.05) is 23.7 Å². The SMILES string of the molecule is CC1=C(C(=O)Nc2ccc(F)cc2)[C@H](c2ccc(Cl)cc2)NC(=S)N1. The number of carbonyl (C=O) groups excluding carboxylic acids is 1. The zero-order chi connectivity index (χ0) is 18.0. The Hall–Kier alpha value is -2.44. The maximum Gasteiger partial charge on any atom is 0.255 e. The third-order valence-electron chi connectivity index (χ3n) is 3.82. The number of thiocarbonyl (C=S) groups is 1. The Morgan fingerprint density at radius 2 is 1.80 bits per heavy atom. The standard InChI is InChI=1S/C18H15ClFN3OS/c1-10-15(17(24)22-14-8-6-13(20)7-9-14)16(23-18(25)21-10)11-2-4-12(19)5-3-11/h2-9,16H,1H3,(H,22,24)(H2,21,23,25)/t16-/m0/s1. The molecule has 1 aliphatic rings. The van der Waals surface area contributed by atoms with Gasteiger partial charge in [0, 0.05) is 16.4 Å². The summed E-state index contributed by atoms with van der Waals surface area (Å²) in [5.41, 5.74) is 2.52. The number of allylic oxidation sites excluding steroid dienone is 1. The van der Waals surface area contributed by atoms with E-state index in [1.165, 1.54) is 24.3 Å². The summed E-state index contributed by atoms with van der Waals surface area (Å²) < 4.78 is 13.0. The highest BCUT2D eigenvalue weighted by Crippen LogP contribution is 2.28. The van der Waals surface area contributed by atoms with Crippen LogP contribution in [-0.4, -0.2) is 11.0 Å². The largest absolute Gasteiger partial charge is 0.351 e. The first-order valence-corrected chi connectivity index (χ1v) is 8.33. The van der Waals surface area contributed by atoms with Gasteiger partial charge in [-0.3, -0.25) is 4.79 Å². The molecule has 1 aliphatic heterocycles. The molecule has 3 N–H and O–H groups in total. The lowest BCUT2D eigenvalue weighted by atomic mass is 9.95. The van der Waals surface area contributed by atoms with Crippen LogP contribution < -0.4 is 16.0 Å². The molecule has 0 aliphatic carbocycles. The van der Waals surface area contributed by atoms with Crippen LogP contribution in [0.25, 0.3) is 0 Å². The fraction of sp³-hybridized carbons (Fsp3) is 0.111. The van der Waals surface area contributed by atoms with E-state index in [1.54, 1.807) is 19.1 Å². The molecule has 3 rings (SSSR count). The second kappa shape index (κ2) is 7.21. The van der Waals surface area contributed by atoms with E-state index >= 15 is 0 Å². The van der Waals surface area contributed by atoms with Crippen molar-refractivity contribution in [3.8, 4) is 0 Å². The predicted molar refractivity (Wildman–Crippen MR) is 101 cm³/mol. The fourth-order valence-electron chi connectivity index (χ4n) is 2.63. The van der Waals surface area contributed by atoms with Crippen LogP contribution in [0.4, 0.5) is 10.1 Å². The van der Waals surface area contributed by atoms with Crippen molar-refractivity contribution in [1.29, 1.82) is 0 Å². The van der Waals surface area contributed by atoms with E-state index in [2.05, 4.69) is 16.0 Å². The number of rotatable bonds is 3. The fourth-order valence-corrected chi connectivity index (χ4v) is 3.03. The van der Waals surface area contributed by atoms with E-state index in [9.17, 15) is 9.18 Å². The minimum Gasteiger partial charge on any atom is -0.351 e. The second-order valence-electron chi connectivity index (χ2n) is 5.58. The number of benzene rings is 2. The molecule has 1 heterocycles. The van der Waals surface area contributed by atoms with E-state index in [4.69, 9.17) is 23.8 Å². The Bertz CT molecular complexity index is 850. The summed E-state index contributed by atoms with van der Waals surface area (Å²) in [6, 6.07) is 12.4. The van der Waals surface area contributed by atoms with Crippen LogP contribution >= 0.6 is 23.8 Å². The van der Waals surface area contributed by atoms with Crippen LogP contribution in [0.3, 0.4) is 0 Å². The minimum atomic E-state index is -0.411. The van der Waals surface area contributed by atoms with Crippen LogP contribution in [0.5, 0.6) is 0 Å². The van der Waals surface area contributed by atoms with Gasteiger partial charge in [0.25, 0.3) is 5.91 Å². The van der Waals surface area contributed by atoms with Gasteiger partial charge < -0.3 is 16.0 Å². The van der Waals surface area contributed by atoms with Crippen molar-refractivity contribution in [1.82, 2.24) is 10.6 Å². The van der Waals surface area contributed by atoms with Crippen molar-refractivity contribution in [2.45, 2.75) is 13.0 Å². The first-order valence-electron chi connectivity index (χ1n) is 7.54. The molecule has 7 heteroatoms. The van der Waals surface area contributed by atoms with E-state index in [0.29, 0.717) is 27.1 Å². The number of hydrogen-bond acceptors (Lipinski definition) is 2. The summed E-state index contributed by atoms with van der Waals surface area (Å²) in [5.74, 6) is -0.662. The van der Waals surface area contributed by atoms with Gasteiger partial charge in [-0.15, -0.1) is 0 Å². The van der Waals surface area contributed by atoms with E-state index < -0.39 is 6.04 Å². The average molecular weight is 376 g/mol. The lowest BCUT2D eigenvalue weighted by Gasteiger charge is -2.30. The van der Waals surface area contributed by atoms with Gasteiger partial charge in [-0.05, 0) is 61.1 Å². The maximum absolute atomic E-state index is 13.0. The zero-order valence-corrected chi connectivity index (χ0v) is 14.8. The van der Waals surface area contributed by atoms with Crippen molar-refractivity contribution >= 4 is 40.5 Å². The molecule has 4 nitrogen and oxygen atoms in total. The van der Waals surface area contributed by atoms with Crippen LogP contribution in [0.1, 0.15) is 18.5 Å². The summed E-state index contributed by atoms with van der Waals surface area (Å²) in [6.07, 6.45) is 0. The Kier molecular flexibility index (Phi) is 5.01. The third kappa shape index (κ3) is 3.97. The van der Waals surface area contributed by atoms with E-state index in [-0.39, 0.29) is 11.7 Å². The molecule has 0 saturated carbocycles. The van der Waals surface area contributed by atoms with Crippen molar-refractivity contribution in [2.75, 3.05) is 5.32 Å².